The van der Waals surface area contributed by atoms with Crippen molar-refractivity contribution in [3.8, 4) is 34.7 Å². The van der Waals surface area contributed by atoms with E-state index in [1.807, 2.05) is 12.1 Å². The molecule has 1 heterocycles. The van der Waals surface area contributed by atoms with Crippen LogP contribution in [0.4, 0.5) is 11.4 Å². The molecule has 0 aliphatic rings. The predicted octanol–water partition coefficient (Wildman–Crippen LogP) is 3.91. The Morgan fingerprint density at radius 2 is 1.19 bits per heavy atom. The number of nitrogens with one attached hydrogen (secondary N) is 1. The van der Waals surface area contributed by atoms with Crippen LogP contribution in [0.15, 0.2) is 48.5 Å². The highest BCUT2D eigenvalue weighted by Crippen LogP contribution is 2.35. The molecule has 3 rings (SSSR count). The molecule has 9 heteroatoms. The van der Waals surface area contributed by atoms with E-state index in [-0.39, 0.29) is 33.9 Å². The second-order valence-electron chi connectivity index (χ2n) is 5.46. The summed E-state index contributed by atoms with van der Waals surface area (Å²) in [6.07, 6.45) is 0. The second-order valence-corrected chi connectivity index (χ2v) is 5.46. The van der Waals surface area contributed by atoms with Gasteiger partial charge in [-0.3, -0.25) is 20.2 Å². The van der Waals surface area contributed by atoms with E-state index < -0.39 is 9.85 Å². The van der Waals surface area contributed by atoms with Crippen molar-refractivity contribution < 1.29 is 9.85 Å². The summed E-state index contributed by atoms with van der Waals surface area (Å²) in [6, 6.07) is 15.1. The van der Waals surface area contributed by atoms with E-state index >= 15 is 0 Å². The van der Waals surface area contributed by atoms with E-state index in [1.54, 1.807) is 12.1 Å². The molecule has 1 aromatic heterocycles. The van der Waals surface area contributed by atoms with Gasteiger partial charge >= 0.3 is 0 Å². The largest absolute Gasteiger partial charge is 0.352 e. The van der Waals surface area contributed by atoms with Crippen molar-refractivity contribution in [2.75, 3.05) is 0 Å². The number of non-ortho nitro benzene ring substituents is 2. The number of nitro groups is 2. The Kier molecular flexibility index (Phi) is 4.35. The number of hydrogen-bond donors (Lipinski definition) is 1. The fraction of sp³-hybridized carbons (Fsp3) is 0. The first-order valence-electron chi connectivity index (χ1n) is 7.52. The smallest absolute Gasteiger partial charge is 0.270 e. The van der Waals surface area contributed by atoms with Gasteiger partial charge in [-0.25, -0.2) is 0 Å². The second kappa shape index (κ2) is 6.78. The van der Waals surface area contributed by atoms with Crippen molar-refractivity contribution in [2.45, 2.75) is 0 Å². The minimum atomic E-state index is -0.564. The van der Waals surface area contributed by atoms with E-state index in [2.05, 4.69) is 4.98 Å². The first-order chi connectivity index (χ1) is 13.0. The van der Waals surface area contributed by atoms with Crippen LogP contribution in [0.1, 0.15) is 11.1 Å². The highest BCUT2D eigenvalue weighted by Gasteiger charge is 2.22. The van der Waals surface area contributed by atoms with Gasteiger partial charge in [0.15, 0.2) is 0 Å². The Bertz CT molecular complexity index is 1080. The van der Waals surface area contributed by atoms with E-state index in [0.717, 1.165) is 0 Å². The van der Waals surface area contributed by atoms with Crippen LogP contribution < -0.4 is 0 Å². The van der Waals surface area contributed by atoms with Crippen LogP contribution in [0.3, 0.4) is 0 Å². The van der Waals surface area contributed by atoms with E-state index in [4.69, 9.17) is 0 Å². The summed E-state index contributed by atoms with van der Waals surface area (Å²) >= 11 is 0. The van der Waals surface area contributed by atoms with Crippen molar-refractivity contribution in [1.82, 2.24) is 4.98 Å². The Labute approximate surface area is 152 Å². The molecule has 0 bridgehead atoms. The van der Waals surface area contributed by atoms with Crippen LogP contribution >= 0.6 is 0 Å². The van der Waals surface area contributed by atoms with Gasteiger partial charge in [-0.05, 0) is 0 Å². The van der Waals surface area contributed by atoms with Gasteiger partial charge in [-0.15, -0.1) is 0 Å². The molecule has 0 atom stereocenters. The summed E-state index contributed by atoms with van der Waals surface area (Å²) in [6.45, 7) is 0. The first-order valence-corrected chi connectivity index (χ1v) is 7.52. The van der Waals surface area contributed by atoms with Crippen LogP contribution in [-0.2, 0) is 0 Å². The molecule has 27 heavy (non-hydrogen) atoms. The van der Waals surface area contributed by atoms with Gasteiger partial charge < -0.3 is 4.98 Å². The third kappa shape index (κ3) is 3.08. The number of aromatic amines is 1. The zero-order chi connectivity index (χ0) is 19.6. The van der Waals surface area contributed by atoms with Crippen molar-refractivity contribution in [3.05, 3.63) is 79.9 Å². The van der Waals surface area contributed by atoms with Crippen LogP contribution in [0.5, 0.6) is 0 Å². The van der Waals surface area contributed by atoms with E-state index in [0.29, 0.717) is 11.1 Å². The van der Waals surface area contributed by atoms with Gasteiger partial charge in [0, 0.05) is 35.4 Å². The monoisotopic (exact) mass is 359 g/mol. The molecule has 0 unspecified atom stereocenters. The topological polar surface area (TPSA) is 150 Å². The standard InChI is InChI=1S/C18H9N5O4/c19-9-15-16(10-20)18(12-4-2-6-14(8-12)23(26)27)21-17(15)11-3-1-5-13(7-11)22(24)25/h1-8,21H. The number of nitro benzene ring substituents is 2. The van der Waals surface area contributed by atoms with Crippen molar-refractivity contribution in [3.63, 3.8) is 0 Å². The average molecular weight is 359 g/mol. The lowest BCUT2D eigenvalue weighted by molar-refractivity contribution is -0.385. The molecule has 1 N–H and O–H groups in total. The van der Waals surface area contributed by atoms with Crippen LogP contribution in [0.2, 0.25) is 0 Å². The molecule has 0 saturated carbocycles. The van der Waals surface area contributed by atoms with Gasteiger partial charge in [0.1, 0.15) is 12.1 Å². The van der Waals surface area contributed by atoms with Gasteiger partial charge in [-0.1, -0.05) is 24.3 Å². The lowest BCUT2D eigenvalue weighted by Gasteiger charge is -2.01. The third-order valence-electron chi connectivity index (χ3n) is 3.91. The summed E-state index contributed by atoms with van der Waals surface area (Å²) < 4.78 is 0. The molecule has 3 aromatic rings. The minimum Gasteiger partial charge on any atom is -0.352 e. The fourth-order valence-corrected chi connectivity index (χ4v) is 2.71. The quantitative estimate of drug-likeness (QED) is 0.551. The molecule has 130 valence electrons. The van der Waals surface area contributed by atoms with Gasteiger partial charge in [0.2, 0.25) is 0 Å². The summed E-state index contributed by atoms with van der Waals surface area (Å²) in [4.78, 5) is 23.8. The minimum absolute atomic E-state index is 0.0134. The number of aromatic nitrogens is 1. The first kappa shape index (κ1) is 17.3. The zero-order valence-electron chi connectivity index (χ0n) is 13.5. The summed E-state index contributed by atoms with van der Waals surface area (Å²) in [5.74, 6) is 0. The molecule has 0 saturated heterocycles. The number of nitriles is 2. The van der Waals surface area contributed by atoms with Gasteiger partial charge in [0.25, 0.3) is 11.4 Å². The number of benzene rings is 2. The maximum absolute atomic E-state index is 11.0. The molecule has 0 aliphatic carbocycles. The number of nitrogens with zero attached hydrogens (tertiary/aromatic N) is 4. The van der Waals surface area contributed by atoms with E-state index in [1.165, 1.54) is 36.4 Å². The molecule has 0 aliphatic heterocycles. The number of H-pyrrole nitrogens is 1. The summed E-state index contributed by atoms with van der Waals surface area (Å²) in [5, 5.41) is 41.0. The van der Waals surface area contributed by atoms with Gasteiger partial charge in [0.05, 0.1) is 32.4 Å². The molecule has 9 nitrogen and oxygen atoms in total. The Balaban J connectivity index is 2.25. The van der Waals surface area contributed by atoms with Crippen LogP contribution in [0.25, 0.3) is 22.5 Å². The average Bonchev–Trinajstić information content (AvgIpc) is 3.06. The predicted molar refractivity (Wildman–Crippen MR) is 94.4 cm³/mol. The zero-order valence-corrected chi connectivity index (χ0v) is 13.5. The third-order valence-corrected chi connectivity index (χ3v) is 3.91. The van der Waals surface area contributed by atoms with Gasteiger partial charge in [-0.2, -0.15) is 10.5 Å². The normalized spacial score (nSPS) is 10.0. The fourth-order valence-electron chi connectivity index (χ4n) is 2.71. The summed E-state index contributed by atoms with van der Waals surface area (Å²) in [7, 11) is 0. The molecular formula is C18H9N5O4. The maximum atomic E-state index is 11.0. The van der Waals surface area contributed by atoms with Crippen molar-refractivity contribution in [2.24, 2.45) is 0 Å². The highest BCUT2D eigenvalue weighted by atomic mass is 16.6. The Hall–Kier alpha value is -4.50. The van der Waals surface area contributed by atoms with Crippen LogP contribution in [-0.4, -0.2) is 14.8 Å². The number of hydrogen-bond acceptors (Lipinski definition) is 6. The Morgan fingerprint density at radius 3 is 1.52 bits per heavy atom. The highest BCUT2D eigenvalue weighted by molar-refractivity contribution is 5.82. The lowest BCUT2D eigenvalue weighted by atomic mass is 10.0. The molecule has 0 fully saturated rings. The molecule has 2 aromatic carbocycles. The molecule has 0 radical (unpaired) electrons. The van der Waals surface area contributed by atoms with E-state index in [9.17, 15) is 30.8 Å². The van der Waals surface area contributed by atoms with Crippen LogP contribution in [0, 0.1) is 42.9 Å². The summed E-state index contributed by atoms with van der Waals surface area (Å²) in [5.41, 5.74) is 0.878. The van der Waals surface area contributed by atoms with Crippen molar-refractivity contribution >= 4 is 11.4 Å². The Morgan fingerprint density at radius 1 is 0.778 bits per heavy atom. The SMILES string of the molecule is N#Cc1c(-c2cccc([N+](=O)[O-])c2)[nH]c(-c2cccc([N+](=O)[O-])c2)c1C#N. The molecule has 0 spiro atoms. The number of rotatable bonds is 4. The molecule has 0 amide bonds. The maximum Gasteiger partial charge on any atom is 0.270 e. The van der Waals surface area contributed by atoms with Crippen molar-refractivity contribution in [1.29, 1.82) is 10.5 Å². The molecular weight excluding hydrogens is 350 g/mol. The lowest BCUT2D eigenvalue weighted by Crippen LogP contribution is -1.89.